The molecule has 0 fully saturated rings. The van der Waals surface area contributed by atoms with Gasteiger partial charge in [-0.2, -0.15) is 27.1 Å². The summed E-state index contributed by atoms with van der Waals surface area (Å²) < 4.78 is 96.3. The van der Waals surface area contributed by atoms with Crippen molar-refractivity contribution in [2.75, 3.05) is 5.75 Å². The number of rotatable bonds is 7. The van der Waals surface area contributed by atoms with E-state index in [0.29, 0.717) is 4.68 Å². The first-order chi connectivity index (χ1) is 16.4. The average molecular weight is 513 g/mol. The van der Waals surface area contributed by atoms with E-state index >= 15 is 0 Å². The molecule has 0 N–H and O–H groups in total. The molecule has 0 spiro atoms. The highest BCUT2D eigenvalue weighted by molar-refractivity contribution is 7.91. The van der Waals surface area contributed by atoms with Crippen molar-refractivity contribution in [3.05, 3.63) is 55.1 Å². The van der Waals surface area contributed by atoms with Crippen LogP contribution >= 0.6 is 0 Å². The summed E-state index contributed by atoms with van der Waals surface area (Å²) in [6.07, 6.45) is -0.875. The number of sulfone groups is 1. The van der Waals surface area contributed by atoms with Crippen molar-refractivity contribution in [3.8, 4) is 23.0 Å². The van der Waals surface area contributed by atoms with E-state index in [1.807, 2.05) is 0 Å². The van der Waals surface area contributed by atoms with Crippen LogP contribution in [-0.4, -0.2) is 51.0 Å². The molecule has 0 amide bonds. The Morgan fingerprint density at radius 1 is 1.00 bits per heavy atom. The van der Waals surface area contributed by atoms with Gasteiger partial charge in [-0.05, 0) is 12.1 Å². The van der Waals surface area contributed by atoms with E-state index in [2.05, 4.69) is 20.1 Å². The van der Waals surface area contributed by atoms with Crippen LogP contribution in [0, 0.1) is 0 Å². The summed E-state index contributed by atoms with van der Waals surface area (Å²) in [5.41, 5.74) is -0.0841. The molecular formula is C21H16F5N5O3S. The fourth-order valence-corrected chi connectivity index (χ4v) is 4.16. The van der Waals surface area contributed by atoms with Crippen molar-refractivity contribution in [1.29, 1.82) is 0 Å². The number of aromatic nitrogens is 5. The van der Waals surface area contributed by atoms with Crippen LogP contribution in [-0.2, 0) is 16.4 Å². The van der Waals surface area contributed by atoms with E-state index < -0.39 is 28.5 Å². The van der Waals surface area contributed by atoms with Crippen LogP contribution in [0.25, 0.3) is 22.3 Å². The van der Waals surface area contributed by atoms with E-state index in [4.69, 9.17) is 4.74 Å². The van der Waals surface area contributed by atoms with Crippen molar-refractivity contribution in [1.82, 2.24) is 24.7 Å². The number of hydrogen-bond acceptors (Lipinski definition) is 7. The summed E-state index contributed by atoms with van der Waals surface area (Å²) in [4.78, 5) is 12.0. The number of nitrogens with zero attached hydrogens (tertiary/aromatic N) is 5. The number of fused-ring (bicyclic) bond motifs is 1. The number of pyridine rings is 3. The molecule has 0 aliphatic carbocycles. The topological polar surface area (TPSA) is 99.9 Å². The predicted molar refractivity (Wildman–Crippen MR) is 114 cm³/mol. The molecule has 0 saturated carbocycles. The van der Waals surface area contributed by atoms with Gasteiger partial charge in [0.25, 0.3) is 0 Å². The lowest BCUT2D eigenvalue weighted by Gasteiger charge is -2.19. The molecule has 0 saturated heterocycles. The highest BCUT2D eigenvalue weighted by atomic mass is 32.2. The third-order valence-electron chi connectivity index (χ3n) is 4.94. The maximum absolute atomic E-state index is 13.5. The quantitative estimate of drug-likeness (QED) is 0.331. The molecule has 0 radical (unpaired) electrons. The Morgan fingerprint density at radius 2 is 1.77 bits per heavy atom. The van der Waals surface area contributed by atoms with Crippen LogP contribution in [0.15, 0.2) is 60.0 Å². The van der Waals surface area contributed by atoms with Crippen LogP contribution < -0.4 is 4.74 Å². The van der Waals surface area contributed by atoms with E-state index in [0.717, 1.165) is 12.4 Å². The second kappa shape index (κ2) is 8.83. The van der Waals surface area contributed by atoms with E-state index in [-0.39, 0.29) is 44.6 Å². The van der Waals surface area contributed by atoms with Gasteiger partial charge in [-0.3, -0.25) is 9.67 Å². The molecule has 4 aromatic heterocycles. The van der Waals surface area contributed by atoms with Gasteiger partial charge < -0.3 is 4.74 Å². The van der Waals surface area contributed by atoms with Crippen molar-refractivity contribution in [3.63, 3.8) is 0 Å². The molecule has 0 aromatic carbocycles. The molecule has 0 atom stereocenters. The first kappa shape index (κ1) is 24.4. The molecule has 4 heterocycles. The fraction of sp³-hybridized carbons (Fsp3) is 0.238. The van der Waals surface area contributed by atoms with Crippen molar-refractivity contribution in [2.24, 2.45) is 0 Å². The third-order valence-corrected chi connectivity index (χ3v) is 6.68. The Bertz CT molecular complexity index is 1470. The van der Waals surface area contributed by atoms with Gasteiger partial charge in [0.15, 0.2) is 9.84 Å². The van der Waals surface area contributed by atoms with E-state index in [1.54, 1.807) is 18.2 Å². The lowest BCUT2D eigenvalue weighted by atomic mass is 10.2. The van der Waals surface area contributed by atoms with Gasteiger partial charge in [-0.15, -0.1) is 0 Å². The largest absolute Gasteiger partial charge is 0.455 e. The Kier molecular flexibility index (Phi) is 6.17. The molecular weight excluding hydrogens is 497 g/mol. The smallest absolute Gasteiger partial charge is 0.437 e. The Morgan fingerprint density at radius 3 is 2.43 bits per heavy atom. The minimum Gasteiger partial charge on any atom is -0.437 e. The van der Waals surface area contributed by atoms with Crippen LogP contribution in [0.1, 0.15) is 6.92 Å². The second-order valence-electron chi connectivity index (χ2n) is 7.32. The summed E-state index contributed by atoms with van der Waals surface area (Å²) in [5, 5.41) is 3.78. The van der Waals surface area contributed by atoms with Crippen molar-refractivity contribution >= 4 is 20.7 Å². The SMILES string of the molecule is CCS(=O)(=O)c1cc(Oc2ccccn2)cnc1-c1cc2cnn(CC(F)(F)C(F)(F)F)c2cn1. The Hall–Kier alpha value is -3.68. The Labute approximate surface area is 195 Å². The first-order valence-corrected chi connectivity index (χ1v) is 11.6. The number of ether oxygens (including phenoxy) is 1. The standard InChI is InChI=1S/C21H16F5N5O3S/c1-2-35(32,33)17-8-14(34-18-5-3-4-6-27-18)10-29-19(17)15-7-13-9-30-31(16(13)11-28-15)12-20(22,23)21(24,25)26/h3-11H,2,12H2,1H3. The summed E-state index contributed by atoms with van der Waals surface area (Å²) in [6, 6.07) is 7.49. The summed E-state index contributed by atoms with van der Waals surface area (Å²) in [6.45, 7) is -0.290. The molecule has 8 nitrogen and oxygen atoms in total. The van der Waals surface area contributed by atoms with Gasteiger partial charge in [0.05, 0.1) is 40.4 Å². The monoisotopic (exact) mass is 513 g/mol. The highest BCUT2D eigenvalue weighted by Gasteiger charge is 2.57. The minimum atomic E-state index is -5.74. The highest BCUT2D eigenvalue weighted by Crippen LogP contribution is 2.37. The van der Waals surface area contributed by atoms with Crippen LogP contribution in [0.2, 0.25) is 0 Å². The maximum atomic E-state index is 13.5. The molecule has 4 aromatic rings. The van der Waals surface area contributed by atoms with Gasteiger partial charge in [0.1, 0.15) is 18.0 Å². The lowest BCUT2D eigenvalue weighted by molar-refractivity contribution is -0.287. The van der Waals surface area contributed by atoms with Crippen molar-refractivity contribution in [2.45, 2.75) is 30.5 Å². The molecule has 184 valence electrons. The molecule has 0 aliphatic rings. The minimum absolute atomic E-state index is 0.0458. The molecule has 4 rings (SSSR count). The fourth-order valence-electron chi connectivity index (χ4n) is 3.11. The molecule has 0 bridgehead atoms. The van der Waals surface area contributed by atoms with Gasteiger partial charge in [0, 0.05) is 23.7 Å². The van der Waals surface area contributed by atoms with Gasteiger partial charge in [0.2, 0.25) is 5.88 Å². The molecule has 35 heavy (non-hydrogen) atoms. The summed E-state index contributed by atoms with van der Waals surface area (Å²) in [5.74, 6) is -4.95. The molecule has 0 aliphatic heterocycles. The molecule has 0 unspecified atom stereocenters. The van der Waals surface area contributed by atoms with Crippen LogP contribution in [0.4, 0.5) is 22.0 Å². The lowest BCUT2D eigenvalue weighted by Crippen LogP contribution is -2.40. The van der Waals surface area contributed by atoms with Gasteiger partial charge in [-0.1, -0.05) is 13.0 Å². The second-order valence-corrected chi connectivity index (χ2v) is 9.57. The maximum Gasteiger partial charge on any atom is 0.455 e. The summed E-state index contributed by atoms with van der Waals surface area (Å²) >= 11 is 0. The summed E-state index contributed by atoms with van der Waals surface area (Å²) in [7, 11) is -3.83. The van der Waals surface area contributed by atoms with E-state index in [9.17, 15) is 30.4 Å². The van der Waals surface area contributed by atoms with Gasteiger partial charge in [-0.25, -0.2) is 18.4 Å². The zero-order chi connectivity index (χ0) is 25.4. The Balaban J connectivity index is 1.74. The zero-order valence-electron chi connectivity index (χ0n) is 17.9. The van der Waals surface area contributed by atoms with Crippen molar-refractivity contribution < 1.29 is 35.1 Å². The number of halogens is 5. The average Bonchev–Trinajstić information content (AvgIpc) is 3.20. The predicted octanol–water partition coefficient (Wildman–Crippen LogP) is 4.67. The molecule has 14 heteroatoms. The number of alkyl halides is 5. The normalized spacial score (nSPS) is 12.7. The zero-order valence-corrected chi connectivity index (χ0v) is 18.7. The van der Waals surface area contributed by atoms with Crippen LogP contribution in [0.3, 0.4) is 0 Å². The first-order valence-electron chi connectivity index (χ1n) is 9.99. The van der Waals surface area contributed by atoms with Gasteiger partial charge >= 0.3 is 12.1 Å². The third kappa shape index (κ3) is 4.92. The van der Waals surface area contributed by atoms with E-state index in [1.165, 1.54) is 31.5 Å². The van der Waals surface area contributed by atoms with Crippen LogP contribution in [0.5, 0.6) is 11.6 Å². The number of hydrogen-bond donors (Lipinski definition) is 0.